The number of nitrogens with zero attached hydrogens (tertiary/aromatic N) is 2. The average Bonchev–Trinajstić information content (AvgIpc) is 3.06. The van der Waals surface area contributed by atoms with E-state index in [1.165, 1.54) is 0 Å². The third kappa shape index (κ3) is 4.01. The van der Waals surface area contributed by atoms with Gasteiger partial charge in [-0.15, -0.1) is 0 Å². The Kier molecular flexibility index (Phi) is 4.91. The summed E-state index contributed by atoms with van der Waals surface area (Å²) in [7, 11) is 0. The third-order valence-corrected chi connectivity index (χ3v) is 3.48. The molecule has 0 spiro atoms. The van der Waals surface area contributed by atoms with E-state index in [4.69, 9.17) is 4.74 Å². The van der Waals surface area contributed by atoms with E-state index >= 15 is 0 Å². The summed E-state index contributed by atoms with van der Waals surface area (Å²) in [6.07, 6.45) is 2.12. The van der Waals surface area contributed by atoms with E-state index in [2.05, 4.69) is 10.4 Å². The van der Waals surface area contributed by atoms with E-state index in [1.807, 2.05) is 67.7 Å². The van der Waals surface area contributed by atoms with Crippen LogP contribution in [0.3, 0.4) is 0 Å². The molecule has 1 N–H and O–H groups in total. The van der Waals surface area contributed by atoms with E-state index in [1.54, 1.807) is 10.7 Å². The van der Waals surface area contributed by atoms with Crippen molar-refractivity contribution in [2.24, 2.45) is 0 Å². The third-order valence-electron chi connectivity index (χ3n) is 3.48. The van der Waals surface area contributed by atoms with Gasteiger partial charge in [0.25, 0.3) is 0 Å². The first-order chi connectivity index (χ1) is 11.7. The quantitative estimate of drug-likeness (QED) is 0.756. The van der Waals surface area contributed by atoms with Crippen LogP contribution in [0.2, 0.25) is 0 Å². The number of amides is 1. The van der Waals surface area contributed by atoms with Gasteiger partial charge in [0.1, 0.15) is 5.75 Å². The minimum atomic E-state index is -0.0996. The number of carbonyl (C=O) groups is 1. The number of nitrogens with one attached hydrogen (secondary N) is 1. The highest BCUT2D eigenvalue weighted by molar-refractivity contribution is 5.91. The van der Waals surface area contributed by atoms with Gasteiger partial charge in [0.2, 0.25) is 5.91 Å². The number of hydrogen-bond donors (Lipinski definition) is 1. The molecule has 0 saturated heterocycles. The minimum Gasteiger partial charge on any atom is -0.494 e. The van der Waals surface area contributed by atoms with Crippen LogP contribution in [0, 0.1) is 0 Å². The van der Waals surface area contributed by atoms with Crippen LogP contribution >= 0.6 is 0 Å². The molecule has 0 unspecified atom stereocenters. The zero-order valence-corrected chi connectivity index (χ0v) is 13.5. The summed E-state index contributed by atoms with van der Waals surface area (Å²) >= 11 is 0. The minimum absolute atomic E-state index is 0.0996. The molecule has 122 valence electrons. The lowest BCUT2D eigenvalue weighted by molar-refractivity contribution is -0.115. The van der Waals surface area contributed by atoms with Crippen molar-refractivity contribution < 1.29 is 9.53 Å². The second-order valence-corrected chi connectivity index (χ2v) is 5.28. The first-order valence-corrected chi connectivity index (χ1v) is 7.87. The van der Waals surface area contributed by atoms with Crippen LogP contribution in [0.15, 0.2) is 66.9 Å². The van der Waals surface area contributed by atoms with Gasteiger partial charge in [-0.25, -0.2) is 4.68 Å². The Morgan fingerprint density at radius 2 is 1.83 bits per heavy atom. The Morgan fingerprint density at radius 3 is 2.54 bits per heavy atom. The fourth-order valence-corrected chi connectivity index (χ4v) is 2.36. The van der Waals surface area contributed by atoms with Crippen molar-refractivity contribution in [2.75, 3.05) is 11.9 Å². The number of hydrogen-bond acceptors (Lipinski definition) is 3. The summed E-state index contributed by atoms with van der Waals surface area (Å²) in [6, 6.07) is 19.1. The van der Waals surface area contributed by atoms with Gasteiger partial charge >= 0.3 is 0 Å². The molecule has 0 fully saturated rings. The molecule has 2 aromatic carbocycles. The highest BCUT2D eigenvalue weighted by Crippen LogP contribution is 2.14. The SMILES string of the molecule is CCOc1ccc(CC(=O)Nc2ccn(-c3ccccc3)n2)cc1. The van der Waals surface area contributed by atoms with E-state index in [0.717, 1.165) is 17.0 Å². The van der Waals surface area contributed by atoms with Gasteiger partial charge in [0.15, 0.2) is 5.82 Å². The lowest BCUT2D eigenvalue weighted by atomic mass is 10.1. The van der Waals surface area contributed by atoms with Gasteiger partial charge < -0.3 is 10.1 Å². The zero-order chi connectivity index (χ0) is 16.8. The van der Waals surface area contributed by atoms with Crippen LogP contribution in [-0.2, 0) is 11.2 Å². The normalized spacial score (nSPS) is 10.4. The van der Waals surface area contributed by atoms with Crippen LogP contribution < -0.4 is 10.1 Å². The van der Waals surface area contributed by atoms with Crippen LogP contribution in [0.1, 0.15) is 12.5 Å². The van der Waals surface area contributed by atoms with Crippen molar-refractivity contribution >= 4 is 11.7 Å². The molecule has 0 bridgehead atoms. The molecule has 24 heavy (non-hydrogen) atoms. The Bertz CT molecular complexity index is 795. The van der Waals surface area contributed by atoms with E-state index in [9.17, 15) is 4.79 Å². The molecule has 0 atom stereocenters. The fourth-order valence-electron chi connectivity index (χ4n) is 2.36. The Hall–Kier alpha value is -3.08. The second kappa shape index (κ2) is 7.46. The molecule has 3 aromatic rings. The molecular weight excluding hydrogens is 302 g/mol. The lowest BCUT2D eigenvalue weighted by Gasteiger charge is -2.05. The summed E-state index contributed by atoms with van der Waals surface area (Å²) in [5, 5.41) is 7.18. The standard InChI is InChI=1S/C19H19N3O2/c1-2-24-17-10-8-15(9-11-17)14-19(23)20-18-12-13-22(21-18)16-6-4-3-5-7-16/h3-13H,2,14H2,1H3,(H,20,21,23). The summed E-state index contributed by atoms with van der Waals surface area (Å²) < 4.78 is 7.12. The van der Waals surface area contributed by atoms with Crippen molar-refractivity contribution in [1.82, 2.24) is 9.78 Å². The summed E-state index contributed by atoms with van der Waals surface area (Å²) in [5.41, 5.74) is 1.88. The Labute approximate surface area is 140 Å². The van der Waals surface area contributed by atoms with E-state index in [-0.39, 0.29) is 5.91 Å². The van der Waals surface area contributed by atoms with Crippen molar-refractivity contribution in [3.8, 4) is 11.4 Å². The maximum absolute atomic E-state index is 12.1. The zero-order valence-electron chi connectivity index (χ0n) is 13.5. The predicted octanol–water partition coefficient (Wildman–Crippen LogP) is 3.45. The topological polar surface area (TPSA) is 56.1 Å². The number of ether oxygens (including phenoxy) is 1. The Morgan fingerprint density at radius 1 is 1.08 bits per heavy atom. The second-order valence-electron chi connectivity index (χ2n) is 5.28. The molecule has 1 aromatic heterocycles. The van der Waals surface area contributed by atoms with Crippen molar-refractivity contribution in [1.29, 1.82) is 0 Å². The van der Waals surface area contributed by atoms with E-state index < -0.39 is 0 Å². The highest BCUT2D eigenvalue weighted by Gasteiger charge is 2.07. The van der Waals surface area contributed by atoms with Gasteiger partial charge in [-0.1, -0.05) is 30.3 Å². The van der Waals surface area contributed by atoms with Gasteiger partial charge in [-0.05, 0) is 36.8 Å². The maximum atomic E-state index is 12.1. The van der Waals surface area contributed by atoms with Crippen LogP contribution in [0.4, 0.5) is 5.82 Å². The molecule has 1 heterocycles. The first-order valence-electron chi connectivity index (χ1n) is 7.87. The van der Waals surface area contributed by atoms with Crippen molar-refractivity contribution in [3.63, 3.8) is 0 Å². The summed E-state index contributed by atoms with van der Waals surface area (Å²) in [4.78, 5) is 12.1. The summed E-state index contributed by atoms with van der Waals surface area (Å²) in [6.45, 7) is 2.57. The monoisotopic (exact) mass is 321 g/mol. The highest BCUT2D eigenvalue weighted by atomic mass is 16.5. The molecule has 0 aliphatic heterocycles. The number of carbonyl (C=O) groups excluding carboxylic acids is 1. The van der Waals surface area contributed by atoms with Crippen molar-refractivity contribution in [3.05, 3.63) is 72.4 Å². The van der Waals surface area contributed by atoms with Gasteiger partial charge in [-0.3, -0.25) is 4.79 Å². The van der Waals surface area contributed by atoms with Crippen LogP contribution in [0.25, 0.3) is 5.69 Å². The van der Waals surface area contributed by atoms with Gasteiger partial charge in [-0.2, -0.15) is 5.10 Å². The van der Waals surface area contributed by atoms with Gasteiger partial charge in [0, 0.05) is 12.3 Å². The molecule has 5 nitrogen and oxygen atoms in total. The van der Waals surface area contributed by atoms with Crippen LogP contribution in [-0.4, -0.2) is 22.3 Å². The maximum Gasteiger partial charge on any atom is 0.229 e. The molecule has 1 amide bonds. The molecule has 0 saturated carbocycles. The largest absolute Gasteiger partial charge is 0.494 e. The van der Waals surface area contributed by atoms with E-state index in [0.29, 0.717) is 18.8 Å². The number of rotatable bonds is 6. The molecule has 0 radical (unpaired) electrons. The Balaban J connectivity index is 1.60. The molecule has 5 heteroatoms. The number of anilines is 1. The molecule has 3 rings (SSSR count). The number of aromatic nitrogens is 2. The van der Waals surface area contributed by atoms with Gasteiger partial charge in [0.05, 0.1) is 18.7 Å². The smallest absolute Gasteiger partial charge is 0.229 e. The van der Waals surface area contributed by atoms with Crippen LogP contribution in [0.5, 0.6) is 5.75 Å². The fraction of sp³-hybridized carbons (Fsp3) is 0.158. The molecule has 0 aliphatic carbocycles. The predicted molar refractivity (Wildman–Crippen MR) is 93.5 cm³/mol. The summed E-state index contributed by atoms with van der Waals surface area (Å²) in [5.74, 6) is 1.25. The number of benzene rings is 2. The molecule has 0 aliphatic rings. The average molecular weight is 321 g/mol. The number of para-hydroxylation sites is 1. The molecular formula is C19H19N3O2. The first kappa shape index (κ1) is 15.8. The van der Waals surface area contributed by atoms with Crippen molar-refractivity contribution in [2.45, 2.75) is 13.3 Å². The lowest BCUT2D eigenvalue weighted by Crippen LogP contribution is -2.15.